The zero-order valence-electron chi connectivity index (χ0n) is 11.6. The fraction of sp³-hybridized carbons (Fsp3) is 0.600. The van der Waals surface area contributed by atoms with E-state index in [2.05, 4.69) is 26.1 Å². The highest BCUT2D eigenvalue weighted by molar-refractivity contribution is 5.34. The molecule has 0 aromatic heterocycles. The van der Waals surface area contributed by atoms with Crippen LogP contribution >= 0.6 is 0 Å². The highest BCUT2D eigenvalue weighted by atomic mass is 16.3. The molecule has 0 radical (unpaired) electrons. The number of aliphatic hydroxyl groups excluding tert-OH is 1. The van der Waals surface area contributed by atoms with Crippen LogP contribution in [0, 0.1) is 5.92 Å². The zero-order chi connectivity index (χ0) is 13.5. The van der Waals surface area contributed by atoms with Crippen molar-refractivity contribution >= 4 is 0 Å². The van der Waals surface area contributed by atoms with Crippen LogP contribution in [-0.2, 0) is 0 Å². The molecule has 0 aliphatic heterocycles. The van der Waals surface area contributed by atoms with Crippen molar-refractivity contribution in [1.82, 2.24) is 5.32 Å². The number of hydrogen-bond acceptors (Lipinski definition) is 3. The number of hydrogen-bond donors (Lipinski definition) is 3. The van der Waals surface area contributed by atoms with Crippen molar-refractivity contribution in [2.75, 3.05) is 6.61 Å². The monoisotopic (exact) mass is 251 g/mol. The molecule has 18 heavy (non-hydrogen) atoms. The van der Waals surface area contributed by atoms with Crippen LogP contribution in [-0.4, -0.2) is 22.9 Å². The quantitative estimate of drug-likeness (QED) is 0.698. The standard InChI is InChI=1S/C15H25NO2/c1-4-13(12-7-5-6-8-15(12)18)16-14(9-10-17)11(2)3/h5-8,11,13-14,16-18H,4,9-10H2,1-3H3. The van der Waals surface area contributed by atoms with Gasteiger partial charge in [-0.3, -0.25) is 0 Å². The normalized spacial score (nSPS) is 14.7. The number of phenols is 1. The fourth-order valence-corrected chi connectivity index (χ4v) is 2.22. The summed E-state index contributed by atoms with van der Waals surface area (Å²) in [6.07, 6.45) is 1.65. The molecule has 1 aromatic carbocycles. The molecule has 2 unspecified atom stereocenters. The maximum atomic E-state index is 9.90. The molecule has 2 atom stereocenters. The van der Waals surface area contributed by atoms with Gasteiger partial charge in [-0.25, -0.2) is 0 Å². The van der Waals surface area contributed by atoms with Gasteiger partial charge in [0.15, 0.2) is 0 Å². The van der Waals surface area contributed by atoms with Gasteiger partial charge in [0, 0.05) is 24.3 Å². The van der Waals surface area contributed by atoms with E-state index in [1.54, 1.807) is 6.07 Å². The summed E-state index contributed by atoms with van der Waals surface area (Å²) in [5, 5.41) is 22.6. The maximum Gasteiger partial charge on any atom is 0.120 e. The summed E-state index contributed by atoms with van der Waals surface area (Å²) >= 11 is 0. The molecule has 0 aliphatic carbocycles. The Labute approximate surface area is 110 Å². The van der Waals surface area contributed by atoms with Gasteiger partial charge in [0.2, 0.25) is 0 Å². The lowest BCUT2D eigenvalue weighted by molar-refractivity contribution is 0.233. The van der Waals surface area contributed by atoms with Crippen molar-refractivity contribution in [3.8, 4) is 5.75 Å². The van der Waals surface area contributed by atoms with Crippen molar-refractivity contribution in [3.05, 3.63) is 29.8 Å². The number of para-hydroxylation sites is 1. The summed E-state index contributed by atoms with van der Waals surface area (Å²) in [6.45, 7) is 6.57. The van der Waals surface area contributed by atoms with Crippen molar-refractivity contribution in [2.45, 2.75) is 45.7 Å². The second kappa shape index (κ2) is 7.39. The number of aromatic hydroxyl groups is 1. The Balaban J connectivity index is 2.80. The third kappa shape index (κ3) is 4.00. The molecule has 3 N–H and O–H groups in total. The summed E-state index contributed by atoms with van der Waals surface area (Å²) in [5.74, 6) is 0.792. The Morgan fingerprint density at radius 2 is 1.89 bits per heavy atom. The van der Waals surface area contributed by atoms with Crippen LogP contribution < -0.4 is 5.32 Å². The Morgan fingerprint density at radius 1 is 1.22 bits per heavy atom. The third-order valence-electron chi connectivity index (χ3n) is 3.38. The number of phenolic OH excluding ortho intramolecular Hbond substituents is 1. The third-order valence-corrected chi connectivity index (χ3v) is 3.38. The zero-order valence-corrected chi connectivity index (χ0v) is 11.6. The minimum absolute atomic E-state index is 0.130. The Morgan fingerprint density at radius 3 is 2.39 bits per heavy atom. The Kier molecular flexibility index (Phi) is 6.16. The second-order valence-electron chi connectivity index (χ2n) is 5.05. The van der Waals surface area contributed by atoms with Gasteiger partial charge in [0.05, 0.1) is 0 Å². The highest BCUT2D eigenvalue weighted by Crippen LogP contribution is 2.27. The molecule has 102 valence electrons. The number of nitrogens with one attached hydrogen (secondary N) is 1. The molecular weight excluding hydrogens is 226 g/mol. The Hall–Kier alpha value is -1.06. The molecule has 0 aliphatic rings. The second-order valence-corrected chi connectivity index (χ2v) is 5.05. The predicted octanol–water partition coefficient (Wildman–Crippen LogP) is 2.84. The first-order valence-corrected chi connectivity index (χ1v) is 6.74. The summed E-state index contributed by atoms with van der Waals surface area (Å²) in [7, 11) is 0. The van der Waals surface area contributed by atoms with Gasteiger partial charge < -0.3 is 15.5 Å². The molecule has 0 spiro atoms. The lowest BCUT2D eigenvalue weighted by atomic mass is 9.96. The van der Waals surface area contributed by atoms with Gasteiger partial charge >= 0.3 is 0 Å². The highest BCUT2D eigenvalue weighted by Gasteiger charge is 2.19. The molecule has 0 saturated heterocycles. The van der Waals surface area contributed by atoms with Gasteiger partial charge in [0.25, 0.3) is 0 Å². The predicted molar refractivity (Wildman–Crippen MR) is 74.6 cm³/mol. The van der Waals surface area contributed by atoms with E-state index in [-0.39, 0.29) is 18.7 Å². The van der Waals surface area contributed by atoms with Gasteiger partial charge in [-0.05, 0) is 24.8 Å². The number of aliphatic hydroxyl groups is 1. The van der Waals surface area contributed by atoms with E-state index in [0.29, 0.717) is 11.7 Å². The summed E-state index contributed by atoms with van der Waals surface area (Å²) in [5.41, 5.74) is 0.934. The van der Waals surface area contributed by atoms with E-state index in [9.17, 15) is 5.11 Å². The first-order valence-electron chi connectivity index (χ1n) is 6.74. The molecule has 3 nitrogen and oxygen atoms in total. The average Bonchev–Trinajstić information content (AvgIpc) is 2.35. The van der Waals surface area contributed by atoms with E-state index in [1.165, 1.54) is 0 Å². The van der Waals surface area contributed by atoms with E-state index >= 15 is 0 Å². The molecule has 0 fully saturated rings. The average molecular weight is 251 g/mol. The van der Waals surface area contributed by atoms with E-state index in [1.807, 2.05) is 18.2 Å². The molecule has 0 saturated carbocycles. The molecule has 0 heterocycles. The fourth-order valence-electron chi connectivity index (χ4n) is 2.22. The van der Waals surface area contributed by atoms with Gasteiger partial charge in [-0.1, -0.05) is 39.0 Å². The van der Waals surface area contributed by atoms with Crippen molar-refractivity contribution < 1.29 is 10.2 Å². The molecule has 0 bridgehead atoms. The summed E-state index contributed by atoms with van der Waals surface area (Å²) < 4.78 is 0. The van der Waals surface area contributed by atoms with Crippen molar-refractivity contribution in [3.63, 3.8) is 0 Å². The minimum Gasteiger partial charge on any atom is -0.508 e. The first-order chi connectivity index (χ1) is 8.60. The van der Waals surface area contributed by atoms with Crippen LogP contribution in [0.25, 0.3) is 0 Å². The molecular formula is C15H25NO2. The van der Waals surface area contributed by atoms with Gasteiger partial charge in [0.1, 0.15) is 5.75 Å². The van der Waals surface area contributed by atoms with Crippen LogP contribution in [0.3, 0.4) is 0 Å². The molecule has 0 amide bonds. The number of rotatable bonds is 7. The largest absolute Gasteiger partial charge is 0.508 e. The van der Waals surface area contributed by atoms with E-state index < -0.39 is 0 Å². The van der Waals surface area contributed by atoms with Crippen LogP contribution in [0.4, 0.5) is 0 Å². The smallest absolute Gasteiger partial charge is 0.120 e. The minimum atomic E-state index is 0.130. The van der Waals surface area contributed by atoms with Crippen molar-refractivity contribution in [1.29, 1.82) is 0 Å². The Bertz CT molecular complexity index is 352. The van der Waals surface area contributed by atoms with Crippen LogP contribution in [0.1, 0.15) is 45.2 Å². The topological polar surface area (TPSA) is 52.5 Å². The van der Waals surface area contributed by atoms with Crippen LogP contribution in [0.5, 0.6) is 5.75 Å². The lowest BCUT2D eigenvalue weighted by Gasteiger charge is -2.28. The van der Waals surface area contributed by atoms with Crippen LogP contribution in [0.2, 0.25) is 0 Å². The van der Waals surface area contributed by atoms with E-state index in [4.69, 9.17) is 5.11 Å². The molecule has 1 aromatic rings. The van der Waals surface area contributed by atoms with Gasteiger partial charge in [-0.15, -0.1) is 0 Å². The summed E-state index contributed by atoms with van der Waals surface area (Å²) in [4.78, 5) is 0. The summed E-state index contributed by atoms with van der Waals surface area (Å²) in [6, 6.07) is 7.84. The van der Waals surface area contributed by atoms with Gasteiger partial charge in [-0.2, -0.15) is 0 Å². The number of benzene rings is 1. The van der Waals surface area contributed by atoms with Crippen molar-refractivity contribution in [2.24, 2.45) is 5.92 Å². The molecule has 3 heteroatoms. The SMILES string of the molecule is CCC(NC(CCO)C(C)C)c1ccccc1O. The van der Waals surface area contributed by atoms with Crippen LogP contribution in [0.15, 0.2) is 24.3 Å². The van der Waals surface area contributed by atoms with E-state index in [0.717, 1.165) is 18.4 Å². The maximum absolute atomic E-state index is 9.90. The first kappa shape index (κ1) is 15.0. The lowest BCUT2D eigenvalue weighted by Crippen LogP contribution is -2.37. The molecule has 1 rings (SSSR count).